The summed E-state index contributed by atoms with van der Waals surface area (Å²) >= 11 is 0. The van der Waals surface area contributed by atoms with Gasteiger partial charge in [-0.05, 0) is 43.9 Å². The molecule has 0 spiro atoms. The lowest BCUT2D eigenvalue weighted by Crippen LogP contribution is -2.36. The number of nitrogens with zero attached hydrogens (tertiary/aromatic N) is 2. The molecule has 7 nitrogen and oxygen atoms in total. The quantitative estimate of drug-likeness (QED) is 0.712. The monoisotopic (exact) mass is 402 g/mol. The van der Waals surface area contributed by atoms with Crippen LogP contribution in [0.1, 0.15) is 11.6 Å². The van der Waals surface area contributed by atoms with Gasteiger partial charge in [0.05, 0.1) is 6.04 Å². The predicted octanol–water partition coefficient (Wildman–Crippen LogP) is 2.72. The Balaban J connectivity index is 1.91. The zero-order chi connectivity index (χ0) is 21.4. The molecule has 156 valence electrons. The molecule has 1 atom stereocenters. The highest BCUT2D eigenvalue weighted by Gasteiger charge is 2.15. The van der Waals surface area contributed by atoms with Crippen molar-refractivity contribution >= 4 is 17.6 Å². The third-order valence-corrected chi connectivity index (χ3v) is 4.29. The summed E-state index contributed by atoms with van der Waals surface area (Å²) in [5.41, 5.74) is 1.44. The van der Waals surface area contributed by atoms with Crippen molar-refractivity contribution < 1.29 is 18.7 Å². The number of benzene rings is 2. The fourth-order valence-electron chi connectivity index (χ4n) is 2.59. The molecule has 2 N–H and O–H groups in total. The van der Waals surface area contributed by atoms with E-state index in [0.717, 1.165) is 5.56 Å². The van der Waals surface area contributed by atoms with E-state index in [4.69, 9.17) is 4.74 Å². The molecule has 0 radical (unpaired) electrons. The first-order valence-electron chi connectivity index (χ1n) is 9.16. The van der Waals surface area contributed by atoms with Gasteiger partial charge in [0.15, 0.2) is 6.61 Å². The van der Waals surface area contributed by atoms with Crippen LogP contribution in [0.5, 0.6) is 5.75 Å². The minimum atomic E-state index is -0.375. The predicted molar refractivity (Wildman–Crippen MR) is 110 cm³/mol. The first-order chi connectivity index (χ1) is 13.8. The molecule has 2 aromatic rings. The lowest BCUT2D eigenvalue weighted by atomic mass is 10.1. The van der Waals surface area contributed by atoms with Crippen molar-refractivity contribution in [2.24, 2.45) is 0 Å². The summed E-state index contributed by atoms with van der Waals surface area (Å²) in [5.74, 6) is 0.0263. The van der Waals surface area contributed by atoms with Crippen LogP contribution in [0.4, 0.5) is 14.9 Å². The van der Waals surface area contributed by atoms with Crippen LogP contribution in [0.25, 0.3) is 0 Å². The highest BCUT2D eigenvalue weighted by molar-refractivity contribution is 5.89. The van der Waals surface area contributed by atoms with Crippen LogP contribution in [-0.2, 0) is 4.79 Å². The second kappa shape index (κ2) is 10.4. The van der Waals surface area contributed by atoms with E-state index >= 15 is 0 Å². The molecule has 29 heavy (non-hydrogen) atoms. The number of hydrogen-bond donors (Lipinski definition) is 2. The molecule has 8 heteroatoms. The smallest absolute Gasteiger partial charge is 0.319 e. The SMILES string of the molecule is CN(C)C(=O)COc1cccc(NC(=O)NCC(c2ccc(F)cc2)N(C)C)c1. The number of anilines is 1. The number of rotatable bonds is 8. The number of urea groups is 1. The highest BCUT2D eigenvalue weighted by Crippen LogP contribution is 2.19. The van der Waals surface area contributed by atoms with E-state index in [0.29, 0.717) is 18.0 Å². The van der Waals surface area contributed by atoms with E-state index in [-0.39, 0.29) is 30.4 Å². The lowest BCUT2D eigenvalue weighted by molar-refractivity contribution is -0.130. The number of likely N-dealkylation sites (N-methyl/N-ethyl adjacent to an activating group) is 2. The van der Waals surface area contributed by atoms with Crippen LogP contribution in [0, 0.1) is 5.82 Å². The molecule has 0 heterocycles. The molecule has 1 unspecified atom stereocenters. The summed E-state index contributed by atoms with van der Waals surface area (Å²) in [7, 11) is 7.09. The second-order valence-electron chi connectivity index (χ2n) is 6.97. The second-order valence-corrected chi connectivity index (χ2v) is 6.97. The number of carbonyl (C=O) groups is 2. The lowest BCUT2D eigenvalue weighted by Gasteiger charge is -2.25. The summed E-state index contributed by atoms with van der Waals surface area (Å²) < 4.78 is 18.6. The molecule has 0 fully saturated rings. The Hall–Kier alpha value is -3.13. The number of halogens is 1. The topological polar surface area (TPSA) is 73.9 Å². The number of nitrogens with one attached hydrogen (secondary N) is 2. The third-order valence-electron chi connectivity index (χ3n) is 4.29. The fraction of sp³-hybridized carbons (Fsp3) is 0.333. The van der Waals surface area contributed by atoms with Gasteiger partial charge < -0.3 is 25.2 Å². The molecule has 2 rings (SSSR count). The van der Waals surface area contributed by atoms with Crippen molar-refractivity contribution in [3.8, 4) is 5.75 Å². The minimum absolute atomic E-state index is 0.0785. The maximum atomic E-state index is 13.2. The molecule has 3 amide bonds. The number of hydrogen-bond acceptors (Lipinski definition) is 4. The van der Waals surface area contributed by atoms with Crippen LogP contribution < -0.4 is 15.4 Å². The van der Waals surface area contributed by atoms with Crippen LogP contribution in [-0.4, -0.2) is 63.1 Å². The van der Waals surface area contributed by atoms with Crippen molar-refractivity contribution in [3.05, 3.63) is 59.9 Å². The normalized spacial score (nSPS) is 11.7. The van der Waals surface area contributed by atoms with Crippen LogP contribution in [0.2, 0.25) is 0 Å². The van der Waals surface area contributed by atoms with Gasteiger partial charge in [0.1, 0.15) is 11.6 Å². The van der Waals surface area contributed by atoms with E-state index in [9.17, 15) is 14.0 Å². The number of carbonyl (C=O) groups excluding carboxylic acids is 2. The Kier molecular flexibility index (Phi) is 7.97. The van der Waals surface area contributed by atoms with Gasteiger partial charge in [-0.15, -0.1) is 0 Å². The van der Waals surface area contributed by atoms with Crippen molar-refractivity contribution in [2.75, 3.05) is 46.7 Å². The Labute approximate surface area is 170 Å². The van der Waals surface area contributed by atoms with Crippen LogP contribution in [0.15, 0.2) is 48.5 Å². The summed E-state index contributed by atoms with van der Waals surface area (Å²) in [4.78, 5) is 27.3. The number of ether oxygens (including phenoxy) is 1. The highest BCUT2D eigenvalue weighted by atomic mass is 19.1. The van der Waals surface area contributed by atoms with Gasteiger partial charge in [-0.2, -0.15) is 0 Å². The van der Waals surface area contributed by atoms with Gasteiger partial charge in [0, 0.05) is 32.4 Å². The minimum Gasteiger partial charge on any atom is -0.484 e. The van der Waals surface area contributed by atoms with Gasteiger partial charge in [0.25, 0.3) is 5.91 Å². The van der Waals surface area contributed by atoms with Gasteiger partial charge in [-0.1, -0.05) is 18.2 Å². The Morgan fingerprint density at radius 3 is 2.38 bits per heavy atom. The van der Waals surface area contributed by atoms with E-state index in [2.05, 4.69) is 10.6 Å². The maximum absolute atomic E-state index is 13.2. The zero-order valence-electron chi connectivity index (χ0n) is 17.1. The first-order valence-corrected chi connectivity index (χ1v) is 9.16. The molecular formula is C21H27FN4O3. The Morgan fingerprint density at radius 2 is 1.76 bits per heavy atom. The van der Waals surface area contributed by atoms with Gasteiger partial charge in [-0.3, -0.25) is 4.79 Å². The molecule has 0 aliphatic rings. The summed E-state index contributed by atoms with van der Waals surface area (Å²) in [6.45, 7) is 0.267. The standard InChI is InChI=1S/C21H27FN4O3/c1-25(2)19(15-8-10-16(22)11-9-15)13-23-21(28)24-17-6-5-7-18(12-17)29-14-20(27)26(3)4/h5-12,19H,13-14H2,1-4H3,(H2,23,24,28). The van der Waals surface area contributed by atoms with E-state index in [1.165, 1.54) is 17.0 Å². The Morgan fingerprint density at radius 1 is 1.07 bits per heavy atom. The van der Waals surface area contributed by atoms with Crippen LogP contribution in [0.3, 0.4) is 0 Å². The molecular weight excluding hydrogens is 375 g/mol. The molecule has 2 aromatic carbocycles. The first kappa shape index (κ1) is 22.2. The molecule has 0 aliphatic carbocycles. The van der Waals surface area contributed by atoms with Gasteiger partial charge >= 0.3 is 6.03 Å². The average Bonchev–Trinajstić information content (AvgIpc) is 2.67. The zero-order valence-corrected chi connectivity index (χ0v) is 17.1. The fourth-order valence-corrected chi connectivity index (χ4v) is 2.59. The third kappa shape index (κ3) is 7.08. The molecule has 0 saturated carbocycles. The summed E-state index contributed by atoms with van der Waals surface area (Å²) in [5, 5.41) is 5.57. The molecule has 0 aliphatic heterocycles. The van der Waals surface area contributed by atoms with E-state index in [1.807, 2.05) is 19.0 Å². The van der Waals surface area contributed by atoms with E-state index < -0.39 is 0 Å². The van der Waals surface area contributed by atoms with Crippen molar-refractivity contribution in [1.82, 2.24) is 15.1 Å². The average molecular weight is 402 g/mol. The molecule has 0 bridgehead atoms. The molecule has 0 saturated heterocycles. The van der Waals surface area contributed by atoms with Crippen LogP contribution >= 0.6 is 0 Å². The summed E-state index contributed by atoms with van der Waals surface area (Å²) in [6, 6.07) is 12.5. The van der Waals surface area contributed by atoms with Crippen molar-refractivity contribution in [2.45, 2.75) is 6.04 Å². The maximum Gasteiger partial charge on any atom is 0.319 e. The van der Waals surface area contributed by atoms with Gasteiger partial charge in [0.2, 0.25) is 0 Å². The van der Waals surface area contributed by atoms with E-state index in [1.54, 1.807) is 50.5 Å². The van der Waals surface area contributed by atoms with Crippen molar-refractivity contribution in [3.63, 3.8) is 0 Å². The largest absolute Gasteiger partial charge is 0.484 e. The Bertz CT molecular complexity index is 825. The number of amides is 3. The van der Waals surface area contributed by atoms with Gasteiger partial charge in [-0.25, -0.2) is 9.18 Å². The molecule has 0 aromatic heterocycles. The van der Waals surface area contributed by atoms with Crippen molar-refractivity contribution in [1.29, 1.82) is 0 Å². The summed E-state index contributed by atoms with van der Waals surface area (Å²) in [6.07, 6.45) is 0.